The van der Waals surface area contributed by atoms with Crippen LogP contribution < -0.4 is 5.73 Å². The summed E-state index contributed by atoms with van der Waals surface area (Å²) in [7, 11) is 0. The number of nitrogen functional groups attached to an aromatic ring is 1. The van der Waals surface area contributed by atoms with E-state index in [-0.39, 0.29) is 0 Å². The van der Waals surface area contributed by atoms with Crippen LogP contribution in [-0.4, -0.2) is 24.0 Å². The van der Waals surface area contributed by atoms with E-state index in [1.807, 2.05) is 6.07 Å². The highest BCUT2D eigenvalue weighted by Crippen LogP contribution is 2.26. The van der Waals surface area contributed by atoms with E-state index in [0.29, 0.717) is 0 Å². The molecule has 1 aromatic carbocycles. The first kappa shape index (κ1) is 13.4. The van der Waals surface area contributed by atoms with Crippen LogP contribution in [0.25, 0.3) is 0 Å². The van der Waals surface area contributed by atoms with E-state index in [2.05, 4.69) is 30.9 Å². The van der Waals surface area contributed by atoms with Gasteiger partial charge in [0, 0.05) is 11.7 Å². The van der Waals surface area contributed by atoms with Crippen molar-refractivity contribution in [1.82, 2.24) is 4.90 Å². The van der Waals surface area contributed by atoms with Crippen molar-refractivity contribution in [1.29, 1.82) is 0 Å². The van der Waals surface area contributed by atoms with Crippen LogP contribution in [0.3, 0.4) is 0 Å². The number of rotatable bonds is 5. The maximum absolute atomic E-state index is 5.91. The lowest BCUT2D eigenvalue weighted by molar-refractivity contribution is 0.180. The summed E-state index contributed by atoms with van der Waals surface area (Å²) < 4.78 is 0. The summed E-state index contributed by atoms with van der Waals surface area (Å²) >= 11 is 0. The Balaban J connectivity index is 2.09. The van der Waals surface area contributed by atoms with Crippen LogP contribution in [0.2, 0.25) is 0 Å². The number of hydrogen-bond donors (Lipinski definition) is 1. The third-order valence-electron chi connectivity index (χ3n) is 3.97. The van der Waals surface area contributed by atoms with Gasteiger partial charge >= 0.3 is 0 Å². The van der Waals surface area contributed by atoms with Crippen molar-refractivity contribution in [2.24, 2.45) is 0 Å². The quantitative estimate of drug-likeness (QED) is 0.808. The molecule has 0 unspecified atom stereocenters. The Morgan fingerprint density at radius 2 is 1.89 bits per heavy atom. The van der Waals surface area contributed by atoms with Crippen molar-refractivity contribution in [2.45, 2.75) is 52.0 Å². The number of fused-ring (bicyclic) bond motifs is 1. The van der Waals surface area contributed by atoms with E-state index in [4.69, 9.17) is 5.73 Å². The average Bonchev–Trinajstić information content (AvgIpc) is 2.37. The third kappa shape index (κ3) is 3.05. The number of nitrogens with two attached hydrogens (primary N) is 1. The third-order valence-corrected chi connectivity index (χ3v) is 3.97. The Hall–Kier alpha value is -1.02. The van der Waals surface area contributed by atoms with Gasteiger partial charge < -0.3 is 10.6 Å². The van der Waals surface area contributed by atoms with Crippen LogP contribution in [0, 0.1) is 0 Å². The van der Waals surface area contributed by atoms with Crippen LogP contribution in [0.15, 0.2) is 18.2 Å². The van der Waals surface area contributed by atoms with E-state index < -0.39 is 0 Å². The molecule has 0 aliphatic heterocycles. The first-order chi connectivity index (χ1) is 8.74. The standard InChI is InChI=1S/C16H26N2/c1-3-9-18(10-4-2)16-8-6-13-5-7-15(17)11-14(13)12-16/h5,7,11,16H,3-4,6,8-10,12,17H2,1-2H3/t16-/m1/s1. The van der Waals surface area contributed by atoms with E-state index in [0.717, 1.165) is 11.7 Å². The molecular weight excluding hydrogens is 220 g/mol. The fourth-order valence-corrected chi connectivity index (χ4v) is 3.12. The maximum atomic E-state index is 5.91. The maximum Gasteiger partial charge on any atom is 0.0316 e. The van der Waals surface area contributed by atoms with E-state index >= 15 is 0 Å². The molecule has 2 N–H and O–H groups in total. The van der Waals surface area contributed by atoms with Gasteiger partial charge in [0.2, 0.25) is 0 Å². The molecule has 0 fully saturated rings. The summed E-state index contributed by atoms with van der Waals surface area (Å²) in [6, 6.07) is 7.15. The van der Waals surface area contributed by atoms with Crippen molar-refractivity contribution in [3.8, 4) is 0 Å². The minimum absolute atomic E-state index is 0.721. The second-order valence-electron chi connectivity index (χ2n) is 5.46. The fourth-order valence-electron chi connectivity index (χ4n) is 3.12. The number of benzene rings is 1. The molecule has 0 radical (unpaired) electrons. The Labute approximate surface area is 111 Å². The zero-order valence-electron chi connectivity index (χ0n) is 11.8. The van der Waals surface area contributed by atoms with Gasteiger partial charge in [-0.25, -0.2) is 0 Å². The van der Waals surface area contributed by atoms with Crippen LogP contribution in [-0.2, 0) is 12.8 Å². The molecule has 100 valence electrons. The van der Waals surface area contributed by atoms with E-state index in [1.54, 1.807) is 0 Å². The van der Waals surface area contributed by atoms with Crippen molar-refractivity contribution in [3.05, 3.63) is 29.3 Å². The zero-order valence-corrected chi connectivity index (χ0v) is 11.8. The summed E-state index contributed by atoms with van der Waals surface area (Å²) in [5.41, 5.74) is 9.80. The molecule has 0 saturated carbocycles. The molecule has 18 heavy (non-hydrogen) atoms. The van der Waals surface area contributed by atoms with Crippen LogP contribution in [0.4, 0.5) is 5.69 Å². The molecule has 0 spiro atoms. The number of anilines is 1. The summed E-state index contributed by atoms with van der Waals surface area (Å²) in [4.78, 5) is 2.67. The lowest BCUT2D eigenvalue weighted by Gasteiger charge is -2.35. The van der Waals surface area contributed by atoms with Gasteiger partial charge in [0.05, 0.1) is 0 Å². The minimum atomic E-state index is 0.721. The van der Waals surface area contributed by atoms with Gasteiger partial charge in [-0.05, 0) is 68.5 Å². The predicted molar refractivity (Wildman–Crippen MR) is 78.8 cm³/mol. The van der Waals surface area contributed by atoms with Crippen LogP contribution in [0.5, 0.6) is 0 Å². The molecule has 2 nitrogen and oxygen atoms in total. The molecule has 0 amide bonds. The summed E-state index contributed by atoms with van der Waals surface area (Å²) in [6.45, 7) is 7.02. The lowest BCUT2D eigenvalue weighted by atomic mass is 9.87. The SMILES string of the molecule is CCCN(CCC)[C@@H]1CCc2ccc(N)cc2C1. The van der Waals surface area contributed by atoms with Gasteiger partial charge in [0.15, 0.2) is 0 Å². The Kier molecular flexibility index (Phi) is 4.65. The topological polar surface area (TPSA) is 29.3 Å². The Bertz CT molecular complexity index is 381. The van der Waals surface area contributed by atoms with Gasteiger partial charge in [0.25, 0.3) is 0 Å². The molecule has 0 saturated heterocycles. The monoisotopic (exact) mass is 246 g/mol. The van der Waals surface area contributed by atoms with Crippen LogP contribution in [0.1, 0.15) is 44.2 Å². The zero-order chi connectivity index (χ0) is 13.0. The Morgan fingerprint density at radius 3 is 2.56 bits per heavy atom. The first-order valence-corrected chi connectivity index (χ1v) is 7.36. The van der Waals surface area contributed by atoms with Gasteiger partial charge in [-0.1, -0.05) is 19.9 Å². The number of nitrogens with zero attached hydrogens (tertiary/aromatic N) is 1. The van der Waals surface area contributed by atoms with Gasteiger partial charge in [-0.15, -0.1) is 0 Å². The molecule has 0 heterocycles. The highest BCUT2D eigenvalue weighted by Gasteiger charge is 2.23. The van der Waals surface area contributed by atoms with E-state index in [9.17, 15) is 0 Å². The highest BCUT2D eigenvalue weighted by atomic mass is 15.1. The molecule has 1 aliphatic rings. The van der Waals surface area contributed by atoms with Crippen molar-refractivity contribution < 1.29 is 0 Å². The second-order valence-corrected chi connectivity index (χ2v) is 5.46. The normalized spacial score (nSPS) is 18.9. The summed E-state index contributed by atoms with van der Waals surface area (Å²) in [5.74, 6) is 0. The molecule has 1 aliphatic carbocycles. The van der Waals surface area contributed by atoms with Gasteiger partial charge in [0.1, 0.15) is 0 Å². The smallest absolute Gasteiger partial charge is 0.0316 e. The summed E-state index contributed by atoms with van der Waals surface area (Å²) in [6.07, 6.45) is 6.20. The van der Waals surface area contributed by atoms with E-state index in [1.165, 1.54) is 56.3 Å². The number of hydrogen-bond acceptors (Lipinski definition) is 2. The molecule has 0 bridgehead atoms. The highest BCUT2D eigenvalue weighted by molar-refractivity contribution is 5.46. The predicted octanol–water partition coefficient (Wildman–Crippen LogP) is 3.25. The average molecular weight is 246 g/mol. The number of aryl methyl sites for hydroxylation is 1. The van der Waals surface area contributed by atoms with Crippen molar-refractivity contribution in [3.63, 3.8) is 0 Å². The van der Waals surface area contributed by atoms with Crippen molar-refractivity contribution >= 4 is 5.69 Å². The molecule has 2 heteroatoms. The molecule has 2 rings (SSSR count). The fraction of sp³-hybridized carbons (Fsp3) is 0.625. The van der Waals surface area contributed by atoms with Crippen molar-refractivity contribution in [2.75, 3.05) is 18.8 Å². The minimum Gasteiger partial charge on any atom is -0.399 e. The van der Waals surface area contributed by atoms with Crippen LogP contribution >= 0.6 is 0 Å². The van der Waals surface area contributed by atoms with Gasteiger partial charge in [-0.2, -0.15) is 0 Å². The largest absolute Gasteiger partial charge is 0.399 e. The van der Waals surface area contributed by atoms with Gasteiger partial charge in [-0.3, -0.25) is 0 Å². The summed E-state index contributed by atoms with van der Waals surface area (Å²) in [5, 5.41) is 0. The molecule has 0 aromatic heterocycles. The molecule has 1 atom stereocenters. The lowest BCUT2D eigenvalue weighted by Crippen LogP contribution is -2.40. The second kappa shape index (κ2) is 6.24. The Morgan fingerprint density at radius 1 is 1.17 bits per heavy atom. The first-order valence-electron chi connectivity index (χ1n) is 7.36. The molecular formula is C16H26N2. The molecule has 1 aromatic rings.